The maximum Gasteiger partial charge on any atom is 0.319 e. The lowest BCUT2D eigenvalue weighted by Gasteiger charge is -2.32. The van der Waals surface area contributed by atoms with Crippen LogP contribution in [0.5, 0.6) is 0 Å². The van der Waals surface area contributed by atoms with Gasteiger partial charge in [-0.1, -0.05) is 23.7 Å². The van der Waals surface area contributed by atoms with Crippen molar-refractivity contribution in [3.05, 3.63) is 53.2 Å². The Morgan fingerprint density at radius 2 is 2.28 bits per heavy atom. The Labute approximate surface area is 152 Å². The molecule has 0 saturated carbocycles. The summed E-state index contributed by atoms with van der Waals surface area (Å²) in [6.45, 7) is 4.86. The van der Waals surface area contributed by atoms with Gasteiger partial charge in [0.1, 0.15) is 5.82 Å². The lowest BCUT2D eigenvalue weighted by Crippen LogP contribution is -2.41. The van der Waals surface area contributed by atoms with Crippen molar-refractivity contribution in [2.45, 2.75) is 19.6 Å². The van der Waals surface area contributed by atoms with Gasteiger partial charge in [-0.2, -0.15) is 0 Å². The van der Waals surface area contributed by atoms with E-state index in [9.17, 15) is 4.79 Å². The van der Waals surface area contributed by atoms with E-state index >= 15 is 0 Å². The fourth-order valence-corrected chi connectivity index (χ4v) is 2.85. The van der Waals surface area contributed by atoms with E-state index in [1.54, 1.807) is 30.5 Å². The molecule has 6 nitrogen and oxygen atoms in total. The minimum Gasteiger partial charge on any atom is -0.375 e. The summed E-state index contributed by atoms with van der Waals surface area (Å²) in [7, 11) is 0. The number of amides is 2. The van der Waals surface area contributed by atoms with Crippen molar-refractivity contribution in [1.82, 2.24) is 10.3 Å². The number of urea groups is 1. The molecule has 1 aromatic carbocycles. The monoisotopic (exact) mass is 360 g/mol. The fraction of sp³-hybridized carbons (Fsp3) is 0.333. The first kappa shape index (κ1) is 17.5. The zero-order chi connectivity index (χ0) is 17.6. The van der Waals surface area contributed by atoms with Crippen molar-refractivity contribution >= 4 is 29.1 Å². The van der Waals surface area contributed by atoms with Crippen molar-refractivity contribution in [3.63, 3.8) is 0 Å². The molecule has 1 aliphatic rings. The molecule has 7 heteroatoms. The molecular formula is C18H21ClN4O2. The minimum absolute atomic E-state index is 0.215. The third-order valence-electron chi connectivity index (χ3n) is 3.91. The lowest BCUT2D eigenvalue weighted by atomic mass is 10.2. The number of morpholine rings is 1. The number of nitrogens with one attached hydrogen (secondary N) is 2. The summed E-state index contributed by atoms with van der Waals surface area (Å²) >= 11 is 5.90. The van der Waals surface area contributed by atoms with Crippen LogP contribution < -0.4 is 15.5 Å². The van der Waals surface area contributed by atoms with Gasteiger partial charge in [-0.3, -0.25) is 0 Å². The van der Waals surface area contributed by atoms with Crippen molar-refractivity contribution in [1.29, 1.82) is 0 Å². The summed E-state index contributed by atoms with van der Waals surface area (Å²) in [6, 6.07) is 10.7. The summed E-state index contributed by atoms with van der Waals surface area (Å²) in [5, 5.41) is 6.13. The van der Waals surface area contributed by atoms with Crippen LogP contribution in [0.3, 0.4) is 0 Å². The van der Waals surface area contributed by atoms with E-state index in [2.05, 4.69) is 27.4 Å². The van der Waals surface area contributed by atoms with Crippen LogP contribution in [0.15, 0.2) is 42.6 Å². The molecule has 0 radical (unpaired) electrons. The number of halogens is 1. The van der Waals surface area contributed by atoms with Crippen LogP contribution in [0.25, 0.3) is 0 Å². The van der Waals surface area contributed by atoms with E-state index in [0.717, 1.165) is 31.1 Å². The number of hydrogen-bond donors (Lipinski definition) is 2. The maximum absolute atomic E-state index is 11.9. The second-order valence-corrected chi connectivity index (χ2v) is 6.41. The van der Waals surface area contributed by atoms with Gasteiger partial charge in [0, 0.05) is 36.5 Å². The number of benzene rings is 1. The number of rotatable bonds is 4. The third-order valence-corrected chi connectivity index (χ3v) is 4.14. The fourth-order valence-electron chi connectivity index (χ4n) is 2.66. The van der Waals surface area contributed by atoms with Gasteiger partial charge in [-0.15, -0.1) is 0 Å². The van der Waals surface area contributed by atoms with Gasteiger partial charge in [0.25, 0.3) is 0 Å². The number of hydrogen-bond acceptors (Lipinski definition) is 4. The molecular weight excluding hydrogens is 340 g/mol. The summed E-state index contributed by atoms with van der Waals surface area (Å²) in [4.78, 5) is 18.6. The number of carbonyl (C=O) groups is 1. The molecule has 2 aromatic rings. The molecule has 0 aliphatic carbocycles. The molecule has 0 unspecified atom stereocenters. The smallest absolute Gasteiger partial charge is 0.319 e. The lowest BCUT2D eigenvalue weighted by molar-refractivity contribution is 0.0529. The van der Waals surface area contributed by atoms with Crippen LogP contribution in [-0.4, -0.2) is 36.8 Å². The average Bonchev–Trinajstić information content (AvgIpc) is 2.60. The standard InChI is InChI=1S/C18H21ClN4O2/c1-13-12-23(7-8-25-13)17-6-5-14(10-20-17)11-21-18(24)22-16-4-2-3-15(19)9-16/h2-6,9-10,13H,7-8,11-12H2,1H3,(H2,21,22,24)/t13-/m1/s1. The zero-order valence-corrected chi connectivity index (χ0v) is 14.8. The van der Waals surface area contributed by atoms with Gasteiger partial charge in [0.05, 0.1) is 12.7 Å². The van der Waals surface area contributed by atoms with Crippen molar-refractivity contribution < 1.29 is 9.53 Å². The maximum atomic E-state index is 11.9. The second kappa shape index (κ2) is 8.18. The van der Waals surface area contributed by atoms with Crippen LogP contribution >= 0.6 is 11.6 Å². The van der Waals surface area contributed by atoms with E-state index in [0.29, 0.717) is 17.3 Å². The largest absolute Gasteiger partial charge is 0.375 e. The van der Waals surface area contributed by atoms with Crippen LogP contribution in [-0.2, 0) is 11.3 Å². The van der Waals surface area contributed by atoms with Gasteiger partial charge >= 0.3 is 6.03 Å². The summed E-state index contributed by atoms with van der Waals surface area (Å²) in [6.07, 6.45) is 2.00. The van der Waals surface area contributed by atoms with Crippen LogP contribution in [0, 0.1) is 0 Å². The molecule has 0 spiro atoms. The van der Waals surface area contributed by atoms with E-state index in [1.165, 1.54) is 0 Å². The number of nitrogens with zero attached hydrogens (tertiary/aromatic N) is 2. The van der Waals surface area contributed by atoms with Gasteiger partial charge < -0.3 is 20.3 Å². The highest BCUT2D eigenvalue weighted by atomic mass is 35.5. The zero-order valence-electron chi connectivity index (χ0n) is 14.0. The van der Waals surface area contributed by atoms with Crippen molar-refractivity contribution in [3.8, 4) is 0 Å². The molecule has 25 heavy (non-hydrogen) atoms. The van der Waals surface area contributed by atoms with Crippen molar-refractivity contribution in [2.75, 3.05) is 29.9 Å². The van der Waals surface area contributed by atoms with Gasteiger partial charge in [-0.05, 0) is 36.8 Å². The minimum atomic E-state index is -0.284. The molecule has 2 amide bonds. The molecule has 1 aromatic heterocycles. The van der Waals surface area contributed by atoms with Crippen LogP contribution in [0.1, 0.15) is 12.5 Å². The predicted molar refractivity (Wildman–Crippen MR) is 99.2 cm³/mol. The molecule has 1 aliphatic heterocycles. The molecule has 132 valence electrons. The van der Waals surface area contributed by atoms with Gasteiger partial charge in [0.2, 0.25) is 0 Å². The Morgan fingerprint density at radius 1 is 1.40 bits per heavy atom. The molecule has 1 saturated heterocycles. The number of carbonyl (C=O) groups excluding carboxylic acids is 1. The Kier molecular flexibility index (Phi) is 5.73. The molecule has 1 fully saturated rings. The average molecular weight is 361 g/mol. The summed E-state index contributed by atoms with van der Waals surface area (Å²) < 4.78 is 5.54. The first-order valence-electron chi connectivity index (χ1n) is 8.22. The molecule has 2 N–H and O–H groups in total. The van der Waals surface area contributed by atoms with Crippen molar-refractivity contribution in [2.24, 2.45) is 0 Å². The molecule has 0 bridgehead atoms. The quantitative estimate of drug-likeness (QED) is 0.878. The number of anilines is 2. The van der Waals surface area contributed by atoms with Gasteiger partial charge in [-0.25, -0.2) is 9.78 Å². The molecule has 2 heterocycles. The first-order valence-corrected chi connectivity index (χ1v) is 8.60. The van der Waals surface area contributed by atoms with E-state index in [4.69, 9.17) is 16.3 Å². The Bertz CT molecular complexity index is 723. The Morgan fingerprint density at radius 3 is 3.00 bits per heavy atom. The van der Waals surface area contributed by atoms with Crippen LogP contribution in [0.4, 0.5) is 16.3 Å². The SMILES string of the molecule is C[C@@H]1CN(c2ccc(CNC(=O)Nc3cccc(Cl)c3)cn2)CCO1. The van der Waals surface area contributed by atoms with Gasteiger partial charge in [0.15, 0.2) is 0 Å². The summed E-state index contributed by atoms with van der Waals surface area (Å²) in [5.74, 6) is 0.933. The number of pyridine rings is 1. The summed E-state index contributed by atoms with van der Waals surface area (Å²) in [5.41, 5.74) is 1.59. The second-order valence-electron chi connectivity index (χ2n) is 5.97. The number of aromatic nitrogens is 1. The topological polar surface area (TPSA) is 66.5 Å². The highest BCUT2D eigenvalue weighted by molar-refractivity contribution is 6.30. The van der Waals surface area contributed by atoms with E-state index in [1.807, 2.05) is 12.1 Å². The highest BCUT2D eigenvalue weighted by Crippen LogP contribution is 2.16. The Hall–Kier alpha value is -2.31. The highest BCUT2D eigenvalue weighted by Gasteiger charge is 2.17. The molecule has 3 rings (SSSR count). The predicted octanol–water partition coefficient (Wildman–Crippen LogP) is 3.28. The Balaban J connectivity index is 1.50. The first-order chi connectivity index (χ1) is 12.1. The third kappa shape index (κ3) is 5.08. The van der Waals surface area contributed by atoms with E-state index < -0.39 is 0 Å². The molecule has 1 atom stereocenters. The normalized spacial score (nSPS) is 17.2. The van der Waals surface area contributed by atoms with Crippen LogP contribution in [0.2, 0.25) is 5.02 Å². The number of ether oxygens (including phenoxy) is 1. The van der Waals surface area contributed by atoms with E-state index in [-0.39, 0.29) is 12.1 Å².